The van der Waals surface area contributed by atoms with Gasteiger partial charge in [-0.05, 0) is 56.5 Å². The molecule has 0 unspecified atom stereocenters. The molecule has 0 saturated carbocycles. The zero-order valence-corrected chi connectivity index (χ0v) is 10.8. The molecule has 1 aliphatic rings. The molecule has 1 atom stereocenters. The Kier molecular flexibility index (Phi) is 3.82. The average molecular weight is 239 g/mol. The van der Waals surface area contributed by atoms with Crippen LogP contribution in [-0.4, -0.2) is 23.0 Å². The third-order valence-electron chi connectivity index (χ3n) is 3.29. The molecule has 1 saturated heterocycles. The lowest BCUT2D eigenvalue weighted by molar-refractivity contribution is 0.257. The molecular weight excluding hydrogens is 220 g/mol. The average Bonchev–Trinajstić information content (AvgIpc) is 2.71. The fraction of sp³-hybridized carbons (Fsp3) is 0.615. The zero-order valence-electron chi connectivity index (χ0n) is 10.0. The number of hydrogen-bond donors (Lipinski definition) is 0. The molecule has 2 heterocycles. The maximum Gasteiger partial charge on any atom is 0.131 e. The predicted octanol–water partition coefficient (Wildman–Crippen LogP) is 3.59. The van der Waals surface area contributed by atoms with Crippen molar-refractivity contribution in [1.82, 2.24) is 9.88 Å². The second kappa shape index (κ2) is 5.15. The van der Waals surface area contributed by atoms with E-state index >= 15 is 0 Å². The van der Waals surface area contributed by atoms with Crippen LogP contribution in [0.25, 0.3) is 0 Å². The van der Waals surface area contributed by atoms with E-state index < -0.39 is 0 Å². The first-order valence-electron chi connectivity index (χ1n) is 6.08. The van der Waals surface area contributed by atoms with E-state index in [9.17, 15) is 0 Å². The quantitative estimate of drug-likeness (QED) is 0.749. The van der Waals surface area contributed by atoms with Gasteiger partial charge < -0.3 is 0 Å². The van der Waals surface area contributed by atoms with Gasteiger partial charge in [0.05, 0.1) is 0 Å². The van der Waals surface area contributed by atoms with Crippen molar-refractivity contribution in [3.05, 3.63) is 28.5 Å². The van der Waals surface area contributed by atoms with Crippen LogP contribution < -0.4 is 0 Å². The van der Waals surface area contributed by atoms with Gasteiger partial charge in [0.25, 0.3) is 0 Å². The molecule has 16 heavy (non-hydrogen) atoms. The highest BCUT2D eigenvalue weighted by Gasteiger charge is 2.25. The first kappa shape index (κ1) is 11.9. The third kappa shape index (κ3) is 2.38. The SMILES string of the molecule is CCCN1CCC[C@H]1c1cnc(Cl)c(C)c1. The van der Waals surface area contributed by atoms with Crippen molar-refractivity contribution in [2.24, 2.45) is 0 Å². The number of likely N-dealkylation sites (tertiary alicyclic amines) is 1. The van der Waals surface area contributed by atoms with Crippen LogP contribution in [0.5, 0.6) is 0 Å². The summed E-state index contributed by atoms with van der Waals surface area (Å²) < 4.78 is 0. The van der Waals surface area contributed by atoms with E-state index in [4.69, 9.17) is 11.6 Å². The molecule has 2 rings (SSSR count). The molecule has 0 bridgehead atoms. The Labute approximate surface area is 103 Å². The number of aryl methyl sites for hydroxylation is 1. The second-order valence-corrected chi connectivity index (χ2v) is 4.93. The van der Waals surface area contributed by atoms with Gasteiger partial charge >= 0.3 is 0 Å². The van der Waals surface area contributed by atoms with E-state index in [1.54, 1.807) is 0 Å². The third-order valence-corrected chi connectivity index (χ3v) is 3.69. The van der Waals surface area contributed by atoms with Crippen LogP contribution in [0, 0.1) is 6.92 Å². The van der Waals surface area contributed by atoms with Gasteiger partial charge in [0.15, 0.2) is 0 Å². The standard InChI is InChI=1S/C13H19ClN2/c1-3-6-16-7-4-5-12(16)11-8-10(2)13(14)15-9-11/h8-9,12H,3-7H2,1-2H3/t12-/m0/s1. The molecule has 1 aromatic heterocycles. The second-order valence-electron chi connectivity index (χ2n) is 4.57. The normalized spacial score (nSPS) is 21.6. The largest absolute Gasteiger partial charge is 0.296 e. The Morgan fingerprint density at radius 2 is 2.38 bits per heavy atom. The number of pyridine rings is 1. The van der Waals surface area contributed by atoms with Crippen LogP contribution >= 0.6 is 11.6 Å². The van der Waals surface area contributed by atoms with Crippen LogP contribution in [0.3, 0.4) is 0 Å². The lowest BCUT2D eigenvalue weighted by Gasteiger charge is -2.24. The molecule has 0 amide bonds. The van der Waals surface area contributed by atoms with Crippen molar-refractivity contribution in [2.45, 2.75) is 39.2 Å². The summed E-state index contributed by atoms with van der Waals surface area (Å²) in [6.07, 6.45) is 5.71. The van der Waals surface area contributed by atoms with Gasteiger partial charge in [-0.1, -0.05) is 18.5 Å². The Hall–Kier alpha value is -0.600. The van der Waals surface area contributed by atoms with Crippen molar-refractivity contribution < 1.29 is 0 Å². The predicted molar refractivity (Wildman–Crippen MR) is 67.8 cm³/mol. The van der Waals surface area contributed by atoms with Gasteiger partial charge in [-0.3, -0.25) is 4.90 Å². The molecule has 1 fully saturated rings. The van der Waals surface area contributed by atoms with Gasteiger partial charge in [0, 0.05) is 12.2 Å². The van der Waals surface area contributed by atoms with Crippen LogP contribution in [-0.2, 0) is 0 Å². The van der Waals surface area contributed by atoms with Crippen LogP contribution in [0.15, 0.2) is 12.3 Å². The van der Waals surface area contributed by atoms with Crippen molar-refractivity contribution in [3.8, 4) is 0 Å². The molecule has 3 heteroatoms. The van der Waals surface area contributed by atoms with E-state index in [2.05, 4.69) is 22.9 Å². The summed E-state index contributed by atoms with van der Waals surface area (Å²) in [5, 5.41) is 0.629. The first-order chi connectivity index (χ1) is 7.72. The molecule has 0 aliphatic carbocycles. The number of hydrogen-bond acceptors (Lipinski definition) is 2. The Morgan fingerprint density at radius 1 is 1.56 bits per heavy atom. The van der Waals surface area contributed by atoms with Gasteiger partial charge in [0.2, 0.25) is 0 Å². The number of nitrogens with zero attached hydrogens (tertiary/aromatic N) is 2. The fourth-order valence-electron chi connectivity index (χ4n) is 2.52. The molecule has 1 aromatic rings. The summed E-state index contributed by atoms with van der Waals surface area (Å²) >= 11 is 5.96. The zero-order chi connectivity index (χ0) is 11.5. The lowest BCUT2D eigenvalue weighted by Crippen LogP contribution is -2.24. The van der Waals surface area contributed by atoms with E-state index in [1.807, 2.05) is 13.1 Å². The molecule has 1 aliphatic heterocycles. The fourth-order valence-corrected chi connectivity index (χ4v) is 2.62. The molecule has 0 aromatic carbocycles. The van der Waals surface area contributed by atoms with E-state index in [0.29, 0.717) is 11.2 Å². The van der Waals surface area contributed by atoms with Crippen LogP contribution in [0.2, 0.25) is 5.15 Å². The molecule has 88 valence electrons. The number of rotatable bonds is 3. The minimum atomic E-state index is 0.559. The minimum absolute atomic E-state index is 0.559. The lowest BCUT2D eigenvalue weighted by atomic mass is 10.1. The highest BCUT2D eigenvalue weighted by atomic mass is 35.5. The Bertz CT molecular complexity index is 365. The molecular formula is C13H19ClN2. The summed E-state index contributed by atoms with van der Waals surface area (Å²) in [4.78, 5) is 6.82. The number of aromatic nitrogens is 1. The number of halogens is 1. The van der Waals surface area contributed by atoms with E-state index in [0.717, 1.165) is 5.56 Å². The van der Waals surface area contributed by atoms with Gasteiger partial charge in [-0.25, -0.2) is 4.98 Å². The van der Waals surface area contributed by atoms with Gasteiger partial charge in [-0.15, -0.1) is 0 Å². The van der Waals surface area contributed by atoms with Crippen molar-refractivity contribution in [3.63, 3.8) is 0 Å². The summed E-state index contributed by atoms with van der Waals surface area (Å²) in [5.74, 6) is 0. The topological polar surface area (TPSA) is 16.1 Å². The van der Waals surface area contributed by atoms with Crippen molar-refractivity contribution in [2.75, 3.05) is 13.1 Å². The maximum atomic E-state index is 5.96. The summed E-state index contributed by atoms with van der Waals surface area (Å²) in [6, 6.07) is 2.75. The van der Waals surface area contributed by atoms with Gasteiger partial charge in [-0.2, -0.15) is 0 Å². The van der Waals surface area contributed by atoms with E-state index in [1.165, 1.54) is 37.9 Å². The van der Waals surface area contributed by atoms with Crippen LogP contribution in [0.4, 0.5) is 0 Å². The monoisotopic (exact) mass is 238 g/mol. The molecule has 2 nitrogen and oxygen atoms in total. The van der Waals surface area contributed by atoms with Crippen molar-refractivity contribution in [1.29, 1.82) is 0 Å². The highest BCUT2D eigenvalue weighted by Crippen LogP contribution is 2.32. The van der Waals surface area contributed by atoms with E-state index in [-0.39, 0.29) is 0 Å². The summed E-state index contributed by atoms with van der Waals surface area (Å²) in [6.45, 7) is 6.67. The Morgan fingerprint density at radius 3 is 3.06 bits per heavy atom. The maximum absolute atomic E-state index is 5.96. The summed E-state index contributed by atoms with van der Waals surface area (Å²) in [5.41, 5.74) is 2.41. The summed E-state index contributed by atoms with van der Waals surface area (Å²) in [7, 11) is 0. The Balaban J connectivity index is 2.19. The smallest absolute Gasteiger partial charge is 0.131 e. The van der Waals surface area contributed by atoms with Crippen molar-refractivity contribution >= 4 is 11.6 Å². The first-order valence-corrected chi connectivity index (χ1v) is 6.46. The molecule has 0 radical (unpaired) electrons. The highest BCUT2D eigenvalue weighted by molar-refractivity contribution is 6.30. The minimum Gasteiger partial charge on any atom is -0.296 e. The van der Waals surface area contributed by atoms with Crippen LogP contribution in [0.1, 0.15) is 43.4 Å². The molecule has 0 spiro atoms. The molecule has 0 N–H and O–H groups in total. The van der Waals surface area contributed by atoms with Gasteiger partial charge in [0.1, 0.15) is 5.15 Å².